The molecule has 0 spiro atoms. The standard InChI is InChI=1S/C23H28F2N3O8P/c1-14-11-12-28(22(31)26-14)21-23(24,25)19(29)18(35-21)13-33-37(32,36-17-7-4-3-5-8-17)27-15(2)20(30)34-16-9-6-10-16/h3-5,7-8,11-12,15-16,18-19,21,29H,6,9-10,13H2,1-2H3,(H,27,32)/t15-,18+,19+,21+,37-/m0/s1. The molecule has 0 amide bonds. The first kappa shape index (κ1) is 27.3. The Morgan fingerprint density at radius 2 is 2.03 bits per heavy atom. The first-order valence-corrected chi connectivity index (χ1v) is 13.3. The first-order chi connectivity index (χ1) is 17.5. The molecule has 4 rings (SSSR count). The van der Waals surface area contributed by atoms with Crippen molar-refractivity contribution in [2.75, 3.05) is 6.61 Å². The van der Waals surface area contributed by atoms with Gasteiger partial charge in [0.25, 0.3) is 0 Å². The average molecular weight is 543 g/mol. The van der Waals surface area contributed by atoms with Gasteiger partial charge in [-0.05, 0) is 51.3 Å². The minimum atomic E-state index is -4.38. The molecule has 1 aromatic heterocycles. The first-order valence-electron chi connectivity index (χ1n) is 11.7. The SMILES string of the molecule is Cc1ccn([C@@H]2O[C@H](CO[P@@](=O)(N[C@@H](C)C(=O)OC3CCC3)Oc3ccccc3)[C@@H](O)C2(F)F)c(=O)n1. The summed E-state index contributed by atoms with van der Waals surface area (Å²) in [7, 11) is -4.38. The lowest BCUT2D eigenvalue weighted by Gasteiger charge is -2.28. The van der Waals surface area contributed by atoms with Crippen molar-refractivity contribution >= 4 is 13.7 Å². The molecule has 202 valence electrons. The highest BCUT2D eigenvalue weighted by Crippen LogP contribution is 2.48. The van der Waals surface area contributed by atoms with Crippen LogP contribution in [0, 0.1) is 6.92 Å². The number of carbonyl (C=O) groups is 1. The molecule has 5 atom stereocenters. The van der Waals surface area contributed by atoms with Crippen LogP contribution in [0.5, 0.6) is 5.75 Å². The van der Waals surface area contributed by atoms with Gasteiger partial charge in [-0.2, -0.15) is 18.9 Å². The van der Waals surface area contributed by atoms with Crippen molar-refractivity contribution in [3.63, 3.8) is 0 Å². The summed E-state index contributed by atoms with van der Waals surface area (Å²) < 4.78 is 65.3. The molecule has 0 bridgehead atoms. The summed E-state index contributed by atoms with van der Waals surface area (Å²) >= 11 is 0. The summed E-state index contributed by atoms with van der Waals surface area (Å²) in [6.45, 7) is 2.10. The molecule has 1 saturated heterocycles. The minimum absolute atomic E-state index is 0.117. The largest absolute Gasteiger partial charge is 0.461 e. The van der Waals surface area contributed by atoms with Crippen LogP contribution in [0.4, 0.5) is 8.78 Å². The molecule has 1 saturated carbocycles. The number of benzene rings is 1. The summed E-state index contributed by atoms with van der Waals surface area (Å²) in [6.07, 6.45) is -2.99. The molecule has 2 aliphatic rings. The van der Waals surface area contributed by atoms with Gasteiger partial charge in [0.2, 0.25) is 6.23 Å². The molecule has 2 N–H and O–H groups in total. The van der Waals surface area contributed by atoms with Gasteiger partial charge in [0.1, 0.15) is 24.0 Å². The van der Waals surface area contributed by atoms with E-state index in [0.717, 1.165) is 25.5 Å². The Labute approximate surface area is 211 Å². The van der Waals surface area contributed by atoms with Crippen LogP contribution in [-0.2, 0) is 23.4 Å². The zero-order valence-electron chi connectivity index (χ0n) is 20.2. The molecule has 11 nitrogen and oxygen atoms in total. The van der Waals surface area contributed by atoms with Gasteiger partial charge in [-0.25, -0.2) is 9.36 Å². The van der Waals surface area contributed by atoms with Crippen molar-refractivity contribution in [3.05, 3.63) is 58.8 Å². The summed E-state index contributed by atoms with van der Waals surface area (Å²) in [6, 6.07) is 8.08. The van der Waals surface area contributed by atoms with Gasteiger partial charge in [-0.3, -0.25) is 13.9 Å². The Bertz CT molecular complexity index is 1210. The second kappa shape index (κ2) is 11.0. The van der Waals surface area contributed by atoms with E-state index in [1.165, 1.54) is 32.0 Å². The number of ether oxygens (including phenoxy) is 2. The maximum absolute atomic E-state index is 14.9. The van der Waals surface area contributed by atoms with Gasteiger partial charge in [0, 0.05) is 11.9 Å². The molecule has 1 aliphatic carbocycles. The van der Waals surface area contributed by atoms with Gasteiger partial charge in [0.05, 0.1) is 6.61 Å². The number of para-hydroxylation sites is 1. The Balaban J connectivity index is 1.49. The maximum Gasteiger partial charge on any atom is 0.459 e. The zero-order chi connectivity index (χ0) is 26.8. The van der Waals surface area contributed by atoms with E-state index in [-0.39, 0.29) is 11.9 Å². The normalized spacial score (nSPS) is 25.6. The molecule has 14 heteroatoms. The van der Waals surface area contributed by atoms with E-state index in [9.17, 15) is 28.0 Å². The van der Waals surface area contributed by atoms with E-state index < -0.39 is 56.4 Å². The maximum atomic E-state index is 14.9. The minimum Gasteiger partial charge on any atom is -0.461 e. The van der Waals surface area contributed by atoms with E-state index in [0.29, 0.717) is 10.3 Å². The third-order valence-electron chi connectivity index (χ3n) is 6.02. The number of nitrogens with zero attached hydrogens (tertiary/aromatic N) is 2. The van der Waals surface area contributed by atoms with Crippen molar-refractivity contribution in [2.45, 2.75) is 69.6 Å². The van der Waals surface area contributed by atoms with Gasteiger partial charge in [-0.1, -0.05) is 18.2 Å². The number of alkyl halides is 2. The molecular formula is C23H28F2N3O8P. The molecule has 0 radical (unpaired) electrons. The van der Waals surface area contributed by atoms with Crippen molar-refractivity contribution in [1.29, 1.82) is 0 Å². The number of aliphatic hydroxyl groups excluding tert-OH is 1. The van der Waals surface area contributed by atoms with E-state index in [1.54, 1.807) is 18.2 Å². The average Bonchev–Trinajstić information content (AvgIpc) is 3.04. The number of rotatable bonds is 10. The van der Waals surface area contributed by atoms with Crippen molar-refractivity contribution < 1.29 is 41.8 Å². The summed E-state index contributed by atoms with van der Waals surface area (Å²) in [5, 5.41) is 12.7. The number of aliphatic hydroxyl groups is 1. The number of hydrogen-bond donors (Lipinski definition) is 2. The van der Waals surface area contributed by atoms with Crippen molar-refractivity contribution in [3.8, 4) is 5.75 Å². The van der Waals surface area contributed by atoms with Crippen LogP contribution in [0.25, 0.3) is 0 Å². The van der Waals surface area contributed by atoms with Gasteiger partial charge >= 0.3 is 25.3 Å². The predicted molar refractivity (Wildman–Crippen MR) is 125 cm³/mol. The summed E-state index contributed by atoms with van der Waals surface area (Å²) in [5.41, 5.74) is -0.671. The lowest BCUT2D eigenvalue weighted by atomic mass is 9.96. The van der Waals surface area contributed by atoms with Crippen molar-refractivity contribution in [1.82, 2.24) is 14.6 Å². The highest BCUT2D eigenvalue weighted by atomic mass is 31.2. The number of hydrogen-bond acceptors (Lipinski definition) is 9. The van der Waals surface area contributed by atoms with Crippen molar-refractivity contribution in [2.24, 2.45) is 0 Å². The van der Waals surface area contributed by atoms with Gasteiger partial charge in [0.15, 0.2) is 6.10 Å². The molecule has 2 fully saturated rings. The molecular weight excluding hydrogens is 515 g/mol. The number of esters is 1. The highest BCUT2D eigenvalue weighted by Gasteiger charge is 2.60. The fraction of sp³-hybridized carbons (Fsp3) is 0.522. The number of aryl methyl sites for hydroxylation is 1. The van der Waals surface area contributed by atoms with E-state index in [1.807, 2.05) is 0 Å². The molecule has 1 aromatic carbocycles. The third kappa shape index (κ3) is 6.24. The van der Waals surface area contributed by atoms with Gasteiger partial charge < -0.3 is 19.1 Å². The Morgan fingerprint density at radius 1 is 1.32 bits per heavy atom. The predicted octanol–water partition coefficient (Wildman–Crippen LogP) is 2.72. The molecule has 2 aromatic rings. The number of carbonyl (C=O) groups excluding carboxylic acids is 1. The Kier molecular flexibility index (Phi) is 8.10. The fourth-order valence-corrected chi connectivity index (χ4v) is 5.21. The fourth-order valence-electron chi connectivity index (χ4n) is 3.71. The Hall–Kier alpha value is -2.70. The molecule has 2 heterocycles. The van der Waals surface area contributed by atoms with Crippen LogP contribution in [-0.4, -0.2) is 57.5 Å². The second-order valence-electron chi connectivity index (χ2n) is 8.94. The monoisotopic (exact) mass is 543 g/mol. The zero-order valence-corrected chi connectivity index (χ0v) is 21.1. The van der Waals surface area contributed by atoms with E-state index in [2.05, 4.69) is 10.1 Å². The summed E-state index contributed by atoms with van der Waals surface area (Å²) in [5.74, 6) is -4.46. The van der Waals surface area contributed by atoms with Gasteiger partial charge in [-0.15, -0.1) is 0 Å². The molecule has 0 unspecified atom stereocenters. The quantitative estimate of drug-likeness (QED) is 0.340. The van der Waals surface area contributed by atoms with Crippen LogP contribution >= 0.6 is 7.75 Å². The molecule has 1 aliphatic heterocycles. The van der Waals surface area contributed by atoms with Crippen LogP contribution in [0.1, 0.15) is 38.1 Å². The second-order valence-corrected chi connectivity index (χ2v) is 10.6. The van der Waals surface area contributed by atoms with Crippen LogP contribution < -0.4 is 15.3 Å². The number of nitrogens with one attached hydrogen (secondary N) is 1. The third-order valence-corrected chi connectivity index (χ3v) is 7.66. The van der Waals surface area contributed by atoms with Crippen LogP contribution in [0.15, 0.2) is 47.4 Å². The Morgan fingerprint density at radius 3 is 2.65 bits per heavy atom. The smallest absolute Gasteiger partial charge is 0.459 e. The number of aromatic nitrogens is 2. The van der Waals surface area contributed by atoms with Crippen LogP contribution in [0.2, 0.25) is 0 Å². The summed E-state index contributed by atoms with van der Waals surface area (Å²) in [4.78, 5) is 28.2. The lowest BCUT2D eigenvalue weighted by Crippen LogP contribution is -2.42. The molecule has 37 heavy (non-hydrogen) atoms. The van der Waals surface area contributed by atoms with E-state index in [4.69, 9.17) is 18.5 Å². The van der Waals surface area contributed by atoms with E-state index >= 15 is 0 Å². The lowest BCUT2D eigenvalue weighted by molar-refractivity contribution is -0.154. The number of halogens is 2. The van der Waals surface area contributed by atoms with Crippen LogP contribution in [0.3, 0.4) is 0 Å². The highest BCUT2D eigenvalue weighted by molar-refractivity contribution is 7.52. The topological polar surface area (TPSA) is 138 Å².